The first-order valence-electron chi connectivity index (χ1n) is 10.0. The number of allylic oxidation sites excluding steroid dienone is 2. The lowest BCUT2D eigenvalue weighted by molar-refractivity contribution is 0.0992. The number of Topliss-reactive ketones (excluding diaryl/α,β-unsaturated/α-hetero) is 1. The van der Waals surface area contributed by atoms with Crippen molar-refractivity contribution in [1.29, 1.82) is 0 Å². The highest BCUT2D eigenvalue weighted by Gasteiger charge is 2.29. The molecule has 0 radical (unpaired) electrons. The highest BCUT2D eigenvalue weighted by atomic mass is 16.2. The lowest BCUT2D eigenvalue weighted by Crippen LogP contribution is -2.33. The molecule has 0 saturated heterocycles. The molecule has 0 unspecified atom stereocenters. The Kier molecular flexibility index (Phi) is 5.66. The van der Waals surface area contributed by atoms with Crippen molar-refractivity contribution in [3.63, 3.8) is 0 Å². The molecule has 0 bridgehead atoms. The number of carbonyl (C=O) groups excluding carboxylic acids is 2. The number of anilines is 1. The van der Waals surface area contributed by atoms with E-state index in [1.165, 1.54) is 0 Å². The zero-order valence-corrected chi connectivity index (χ0v) is 16.3. The summed E-state index contributed by atoms with van der Waals surface area (Å²) >= 11 is 0. The van der Waals surface area contributed by atoms with Gasteiger partial charge in [-0.15, -0.1) is 0 Å². The number of hydrogen-bond donors (Lipinski definition) is 0. The molecule has 29 heavy (non-hydrogen) atoms. The van der Waals surface area contributed by atoms with Crippen LogP contribution in [-0.2, 0) is 0 Å². The maximum absolute atomic E-state index is 13.5. The van der Waals surface area contributed by atoms with Gasteiger partial charge in [-0.1, -0.05) is 66.7 Å². The van der Waals surface area contributed by atoms with Gasteiger partial charge in [-0.05, 0) is 49.9 Å². The molecule has 144 valence electrons. The van der Waals surface area contributed by atoms with Crippen molar-refractivity contribution in [2.45, 2.75) is 25.7 Å². The van der Waals surface area contributed by atoms with Gasteiger partial charge in [-0.25, -0.2) is 0 Å². The maximum atomic E-state index is 13.5. The van der Waals surface area contributed by atoms with Crippen LogP contribution in [0.25, 0.3) is 0 Å². The lowest BCUT2D eigenvalue weighted by Gasteiger charge is -2.31. The van der Waals surface area contributed by atoms with Crippen molar-refractivity contribution in [3.05, 3.63) is 113 Å². The topological polar surface area (TPSA) is 37.4 Å². The molecule has 3 aromatic rings. The monoisotopic (exact) mass is 381 g/mol. The molecule has 1 aliphatic carbocycles. The van der Waals surface area contributed by atoms with E-state index in [0.29, 0.717) is 24.0 Å². The fourth-order valence-corrected chi connectivity index (χ4v) is 3.83. The van der Waals surface area contributed by atoms with Crippen LogP contribution in [0.5, 0.6) is 0 Å². The smallest absolute Gasteiger partial charge is 0.262 e. The second-order valence-electron chi connectivity index (χ2n) is 7.17. The van der Waals surface area contributed by atoms with Gasteiger partial charge in [-0.2, -0.15) is 0 Å². The summed E-state index contributed by atoms with van der Waals surface area (Å²) < 4.78 is 0. The van der Waals surface area contributed by atoms with Crippen LogP contribution in [-0.4, -0.2) is 11.7 Å². The van der Waals surface area contributed by atoms with Crippen molar-refractivity contribution in [2.24, 2.45) is 0 Å². The van der Waals surface area contributed by atoms with Crippen LogP contribution in [0.1, 0.15) is 46.4 Å². The number of ketones is 1. The molecule has 0 heterocycles. The predicted molar refractivity (Wildman–Crippen MR) is 116 cm³/mol. The number of rotatable bonds is 5. The van der Waals surface area contributed by atoms with E-state index >= 15 is 0 Å². The van der Waals surface area contributed by atoms with E-state index in [1.807, 2.05) is 91.0 Å². The van der Waals surface area contributed by atoms with Crippen molar-refractivity contribution in [3.8, 4) is 0 Å². The van der Waals surface area contributed by atoms with E-state index in [1.54, 1.807) is 4.90 Å². The third kappa shape index (κ3) is 4.04. The molecular weight excluding hydrogens is 358 g/mol. The van der Waals surface area contributed by atoms with Crippen molar-refractivity contribution >= 4 is 17.4 Å². The SMILES string of the molecule is O=C(C1=C(N(C(=O)c2ccccc2)c2ccccc2)CCCC1)c1ccccc1. The van der Waals surface area contributed by atoms with Gasteiger partial charge >= 0.3 is 0 Å². The second-order valence-corrected chi connectivity index (χ2v) is 7.17. The number of nitrogens with zero attached hydrogens (tertiary/aromatic N) is 1. The molecule has 0 aliphatic heterocycles. The number of amides is 1. The number of hydrogen-bond acceptors (Lipinski definition) is 2. The van der Waals surface area contributed by atoms with Crippen molar-refractivity contribution in [2.75, 3.05) is 4.90 Å². The molecule has 0 atom stereocenters. The summed E-state index contributed by atoms with van der Waals surface area (Å²) in [5.74, 6) is -0.0887. The van der Waals surface area contributed by atoms with E-state index in [-0.39, 0.29) is 11.7 Å². The summed E-state index contributed by atoms with van der Waals surface area (Å²) in [4.78, 5) is 28.6. The zero-order chi connectivity index (χ0) is 20.1. The predicted octanol–water partition coefficient (Wildman–Crippen LogP) is 6.04. The Morgan fingerprint density at radius 3 is 1.76 bits per heavy atom. The Morgan fingerprint density at radius 1 is 0.621 bits per heavy atom. The van der Waals surface area contributed by atoms with Crippen molar-refractivity contribution in [1.82, 2.24) is 0 Å². The molecular formula is C26H23NO2. The minimum Gasteiger partial charge on any atom is -0.289 e. The molecule has 1 amide bonds. The van der Waals surface area contributed by atoms with Crippen LogP contribution >= 0.6 is 0 Å². The van der Waals surface area contributed by atoms with E-state index in [4.69, 9.17) is 0 Å². The Labute approximate surface area is 171 Å². The molecule has 3 heteroatoms. The number of para-hydroxylation sites is 1. The van der Waals surface area contributed by atoms with Crippen LogP contribution in [0.4, 0.5) is 5.69 Å². The molecule has 0 saturated carbocycles. The number of benzene rings is 3. The molecule has 3 nitrogen and oxygen atoms in total. The van der Waals surface area contributed by atoms with Gasteiger partial charge in [0.25, 0.3) is 5.91 Å². The number of carbonyl (C=O) groups is 2. The van der Waals surface area contributed by atoms with E-state index in [2.05, 4.69) is 0 Å². The summed E-state index contributed by atoms with van der Waals surface area (Å²) in [6.07, 6.45) is 3.32. The van der Waals surface area contributed by atoms with Crippen LogP contribution in [0, 0.1) is 0 Å². The Bertz CT molecular complexity index is 1020. The standard InChI is InChI=1S/C26H23NO2/c28-25(20-12-4-1-5-13-20)23-18-10-11-19-24(23)27(22-16-8-3-9-17-22)26(29)21-14-6-2-7-15-21/h1-9,12-17H,10-11,18-19H2. The highest BCUT2D eigenvalue weighted by Crippen LogP contribution is 2.34. The molecule has 0 N–H and O–H groups in total. The summed E-state index contributed by atoms with van der Waals surface area (Å²) in [7, 11) is 0. The molecule has 0 aromatic heterocycles. The van der Waals surface area contributed by atoms with Gasteiger partial charge in [-0.3, -0.25) is 14.5 Å². The van der Waals surface area contributed by atoms with Gasteiger partial charge in [0.1, 0.15) is 0 Å². The largest absolute Gasteiger partial charge is 0.289 e. The first kappa shape index (κ1) is 18.9. The molecule has 4 rings (SSSR count). The zero-order valence-electron chi connectivity index (χ0n) is 16.3. The second kappa shape index (κ2) is 8.70. The Hall–Kier alpha value is -3.46. The first-order valence-corrected chi connectivity index (χ1v) is 10.0. The minimum absolute atomic E-state index is 0.0158. The first-order chi connectivity index (χ1) is 14.3. The van der Waals surface area contributed by atoms with Crippen LogP contribution < -0.4 is 4.90 Å². The normalized spacial score (nSPS) is 13.8. The van der Waals surface area contributed by atoms with E-state index in [0.717, 1.165) is 29.8 Å². The summed E-state index contributed by atoms with van der Waals surface area (Å²) in [5.41, 5.74) is 3.64. The highest BCUT2D eigenvalue weighted by molar-refractivity contribution is 6.13. The quantitative estimate of drug-likeness (QED) is 0.505. The Morgan fingerprint density at radius 2 is 1.14 bits per heavy atom. The fraction of sp³-hybridized carbons (Fsp3) is 0.154. The van der Waals surface area contributed by atoms with Gasteiger partial charge < -0.3 is 0 Å². The summed E-state index contributed by atoms with van der Waals surface area (Å²) in [5, 5.41) is 0. The maximum Gasteiger partial charge on any atom is 0.262 e. The summed E-state index contributed by atoms with van der Waals surface area (Å²) in [6, 6.07) is 28.2. The average Bonchev–Trinajstić information content (AvgIpc) is 2.81. The molecule has 0 fully saturated rings. The fourth-order valence-electron chi connectivity index (χ4n) is 3.83. The van der Waals surface area contributed by atoms with E-state index < -0.39 is 0 Å². The van der Waals surface area contributed by atoms with Gasteiger partial charge in [0.2, 0.25) is 0 Å². The molecule has 3 aromatic carbocycles. The summed E-state index contributed by atoms with van der Waals surface area (Å²) in [6.45, 7) is 0. The minimum atomic E-state index is -0.105. The van der Waals surface area contributed by atoms with Gasteiger partial charge in [0.05, 0.1) is 0 Å². The van der Waals surface area contributed by atoms with Crippen LogP contribution in [0.3, 0.4) is 0 Å². The van der Waals surface area contributed by atoms with Gasteiger partial charge in [0, 0.05) is 28.1 Å². The Balaban J connectivity index is 1.84. The third-order valence-electron chi connectivity index (χ3n) is 5.26. The van der Waals surface area contributed by atoms with Gasteiger partial charge in [0.15, 0.2) is 5.78 Å². The molecule has 1 aliphatic rings. The molecule has 0 spiro atoms. The lowest BCUT2D eigenvalue weighted by atomic mass is 9.89. The van der Waals surface area contributed by atoms with Crippen LogP contribution in [0.15, 0.2) is 102 Å². The van der Waals surface area contributed by atoms with E-state index in [9.17, 15) is 9.59 Å². The van der Waals surface area contributed by atoms with Crippen LogP contribution in [0.2, 0.25) is 0 Å². The third-order valence-corrected chi connectivity index (χ3v) is 5.26. The average molecular weight is 381 g/mol. The van der Waals surface area contributed by atoms with Crippen molar-refractivity contribution < 1.29 is 9.59 Å².